The fourth-order valence-electron chi connectivity index (χ4n) is 4.40. The van der Waals surface area contributed by atoms with Gasteiger partial charge in [-0.05, 0) is 53.3 Å². The van der Waals surface area contributed by atoms with Gasteiger partial charge in [0.1, 0.15) is 0 Å². The SMILES string of the molecule is O=C(c1ccc(CN2CCc3ccccc32)cc1)N1CCc2ccccc2C1. The van der Waals surface area contributed by atoms with E-state index in [1.807, 2.05) is 17.0 Å². The number of amides is 1. The zero-order valence-electron chi connectivity index (χ0n) is 16.0. The summed E-state index contributed by atoms with van der Waals surface area (Å²) in [7, 11) is 0. The first-order valence-corrected chi connectivity index (χ1v) is 10.1. The highest BCUT2D eigenvalue weighted by atomic mass is 16.2. The maximum absolute atomic E-state index is 12.9. The minimum Gasteiger partial charge on any atom is -0.367 e. The summed E-state index contributed by atoms with van der Waals surface area (Å²) >= 11 is 0. The van der Waals surface area contributed by atoms with Gasteiger partial charge in [-0.1, -0.05) is 54.6 Å². The monoisotopic (exact) mass is 368 g/mol. The Balaban J connectivity index is 1.27. The van der Waals surface area contributed by atoms with Crippen LogP contribution in [-0.4, -0.2) is 23.9 Å². The van der Waals surface area contributed by atoms with Crippen LogP contribution in [0.15, 0.2) is 72.8 Å². The summed E-state index contributed by atoms with van der Waals surface area (Å²) in [4.78, 5) is 17.3. The largest absolute Gasteiger partial charge is 0.367 e. The minimum atomic E-state index is 0.132. The van der Waals surface area contributed by atoms with Gasteiger partial charge in [0.15, 0.2) is 0 Å². The second kappa shape index (κ2) is 7.16. The number of nitrogens with zero attached hydrogens (tertiary/aromatic N) is 2. The Bertz CT molecular complexity index is 1010. The van der Waals surface area contributed by atoms with Crippen molar-refractivity contribution in [2.24, 2.45) is 0 Å². The van der Waals surface area contributed by atoms with E-state index in [2.05, 4.69) is 65.6 Å². The lowest BCUT2D eigenvalue weighted by molar-refractivity contribution is 0.0734. The van der Waals surface area contributed by atoms with Gasteiger partial charge >= 0.3 is 0 Å². The molecule has 3 aromatic carbocycles. The normalized spacial score (nSPS) is 15.3. The van der Waals surface area contributed by atoms with Crippen LogP contribution in [0.5, 0.6) is 0 Å². The molecule has 0 aromatic heterocycles. The number of fused-ring (bicyclic) bond motifs is 2. The van der Waals surface area contributed by atoms with Gasteiger partial charge in [0.25, 0.3) is 5.91 Å². The van der Waals surface area contributed by atoms with E-state index < -0.39 is 0 Å². The summed E-state index contributed by atoms with van der Waals surface area (Å²) in [5.41, 5.74) is 7.44. The number of hydrogen-bond donors (Lipinski definition) is 0. The van der Waals surface area contributed by atoms with Crippen LogP contribution in [0, 0.1) is 0 Å². The van der Waals surface area contributed by atoms with E-state index in [-0.39, 0.29) is 5.91 Å². The molecule has 140 valence electrons. The molecule has 3 nitrogen and oxygen atoms in total. The molecule has 0 fully saturated rings. The molecule has 0 radical (unpaired) electrons. The molecule has 5 rings (SSSR count). The summed E-state index contributed by atoms with van der Waals surface area (Å²) in [5.74, 6) is 0.132. The van der Waals surface area contributed by atoms with Crippen LogP contribution < -0.4 is 4.90 Å². The highest BCUT2D eigenvalue weighted by Crippen LogP contribution is 2.29. The molecular formula is C25H24N2O. The Hall–Kier alpha value is -3.07. The number of para-hydroxylation sites is 1. The third kappa shape index (κ3) is 3.18. The smallest absolute Gasteiger partial charge is 0.254 e. The fraction of sp³-hybridized carbons (Fsp3) is 0.240. The molecule has 0 saturated heterocycles. The van der Waals surface area contributed by atoms with Crippen molar-refractivity contribution in [2.45, 2.75) is 25.9 Å². The van der Waals surface area contributed by atoms with Crippen molar-refractivity contribution < 1.29 is 4.79 Å². The predicted molar refractivity (Wildman–Crippen MR) is 113 cm³/mol. The number of anilines is 1. The Morgan fingerprint density at radius 1 is 0.750 bits per heavy atom. The number of hydrogen-bond acceptors (Lipinski definition) is 2. The lowest BCUT2D eigenvalue weighted by Gasteiger charge is -2.29. The molecule has 28 heavy (non-hydrogen) atoms. The molecule has 2 aliphatic rings. The molecule has 0 bridgehead atoms. The summed E-state index contributed by atoms with van der Waals surface area (Å²) in [5, 5.41) is 0. The minimum absolute atomic E-state index is 0.132. The molecule has 2 aliphatic heterocycles. The van der Waals surface area contributed by atoms with Crippen LogP contribution in [0.2, 0.25) is 0 Å². The highest BCUT2D eigenvalue weighted by molar-refractivity contribution is 5.94. The van der Waals surface area contributed by atoms with E-state index >= 15 is 0 Å². The molecule has 0 atom stereocenters. The zero-order chi connectivity index (χ0) is 18.9. The van der Waals surface area contributed by atoms with Gasteiger partial charge in [-0.15, -0.1) is 0 Å². The van der Waals surface area contributed by atoms with Gasteiger partial charge in [0.05, 0.1) is 0 Å². The molecule has 0 saturated carbocycles. The molecule has 0 aliphatic carbocycles. The van der Waals surface area contributed by atoms with Gasteiger partial charge in [-0.2, -0.15) is 0 Å². The second-order valence-corrected chi connectivity index (χ2v) is 7.74. The number of carbonyl (C=O) groups excluding carboxylic acids is 1. The third-order valence-corrected chi connectivity index (χ3v) is 5.98. The molecule has 3 aromatic rings. The van der Waals surface area contributed by atoms with E-state index in [1.54, 1.807) is 0 Å². The van der Waals surface area contributed by atoms with E-state index in [9.17, 15) is 4.79 Å². The number of benzene rings is 3. The van der Waals surface area contributed by atoms with Crippen molar-refractivity contribution in [2.75, 3.05) is 18.0 Å². The average Bonchev–Trinajstić information content (AvgIpc) is 3.16. The predicted octanol–water partition coefficient (Wildman–Crippen LogP) is 4.45. The fourth-order valence-corrected chi connectivity index (χ4v) is 4.40. The van der Waals surface area contributed by atoms with Crippen LogP contribution >= 0.6 is 0 Å². The van der Waals surface area contributed by atoms with Crippen LogP contribution in [0.1, 0.15) is 32.6 Å². The molecule has 1 amide bonds. The number of carbonyl (C=O) groups is 1. The second-order valence-electron chi connectivity index (χ2n) is 7.74. The van der Waals surface area contributed by atoms with Crippen molar-refractivity contribution >= 4 is 11.6 Å². The molecule has 3 heteroatoms. The van der Waals surface area contributed by atoms with Crippen LogP contribution in [-0.2, 0) is 25.9 Å². The quantitative estimate of drug-likeness (QED) is 0.682. The van der Waals surface area contributed by atoms with Crippen molar-refractivity contribution in [3.8, 4) is 0 Å². The van der Waals surface area contributed by atoms with Gasteiger partial charge in [0, 0.05) is 37.4 Å². The van der Waals surface area contributed by atoms with E-state index in [0.717, 1.165) is 38.0 Å². The first-order chi connectivity index (χ1) is 13.8. The Morgan fingerprint density at radius 3 is 2.25 bits per heavy atom. The highest BCUT2D eigenvalue weighted by Gasteiger charge is 2.22. The number of rotatable bonds is 3. The molecule has 0 N–H and O–H groups in total. The summed E-state index contributed by atoms with van der Waals surface area (Å²) in [6, 6.07) is 25.2. The van der Waals surface area contributed by atoms with Crippen LogP contribution in [0.25, 0.3) is 0 Å². The van der Waals surface area contributed by atoms with E-state index in [0.29, 0.717) is 6.54 Å². The molecule has 2 heterocycles. The topological polar surface area (TPSA) is 23.6 Å². The molecular weight excluding hydrogens is 344 g/mol. The van der Waals surface area contributed by atoms with Crippen LogP contribution in [0.4, 0.5) is 5.69 Å². The first-order valence-electron chi connectivity index (χ1n) is 10.1. The summed E-state index contributed by atoms with van der Waals surface area (Å²) in [6.45, 7) is 3.46. The first kappa shape index (κ1) is 17.1. The maximum Gasteiger partial charge on any atom is 0.254 e. The van der Waals surface area contributed by atoms with Gasteiger partial charge in [-0.3, -0.25) is 4.79 Å². The zero-order valence-corrected chi connectivity index (χ0v) is 16.0. The summed E-state index contributed by atoms with van der Waals surface area (Å²) in [6.07, 6.45) is 2.05. The summed E-state index contributed by atoms with van der Waals surface area (Å²) < 4.78 is 0. The van der Waals surface area contributed by atoms with Crippen molar-refractivity contribution in [1.82, 2.24) is 4.90 Å². The third-order valence-electron chi connectivity index (χ3n) is 5.98. The standard InChI is InChI=1S/C25H24N2O/c28-25(27-16-13-20-5-1-2-7-23(20)18-27)22-11-9-19(10-12-22)17-26-15-14-21-6-3-4-8-24(21)26/h1-12H,13-18H2. The van der Waals surface area contributed by atoms with Crippen molar-refractivity contribution in [3.05, 3.63) is 101 Å². The average molecular weight is 368 g/mol. The molecule has 0 unspecified atom stereocenters. The Kier molecular flexibility index (Phi) is 4.36. The van der Waals surface area contributed by atoms with Gasteiger partial charge in [-0.25, -0.2) is 0 Å². The Morgan fingerprint density at radius 2 is 1.43 bits per heavy atom. The van der Waals surface area contributed by atoms with Crippen molar-refractivity contribution in [3.63, 3.8) is 0 Å². The van der Waals surface area contributed by atoms with E-state index in [4.69, 9.17) is 0 Å². The van der Waals surface area contributed by atoms with Gasteiger partial charge in [0.2, 0.25) is 0 Å². The van der Waals surface area contributed by atoms with Gasteiger partial charge < -0.3 is 9.80 Å². The maximum atomic E-state index is 12.9. The Labute approximate surface area is 166 Å². The van der Waals surface area contributed by atoms with E-state index in [1.165, 1.54) is 27.9 Å². The molecule has 0 spiro atoms. The lowest BCUT2D eigenvalue weighted by Crippen LogP contribution is -2.35. The lowest BCUT2D eigenvalue weighted by atomic mass is 9.99. The van der Waals surface area contributed by atoms with Crippen molar-refractivity contribution in [1.29, 1.82) is 0 Å². The van der Waals surface area contributed by atoms with Crippen LogP contribution in [0.3, 0.4) is 0 Å².